The highest BCUT2D eigenvalue weighted by Gasteiger charge is 2.12. The van der Waals surface area contributed by atoms with Gasteiger partial charge in [-0.05, 0) is 24.3 Å². The van der Waals surface area contributed by atoms with Crippen LogP contribution in [0.4, 0.5) is 4.39 Å². The van der Waals surface area contributed by atoms with E-state index in [9.17, 15) is 9.18 Å². The van der Waals surface area contributed by atoms with Gasteiger partial charge in [0.2, 0.25) is 0 Å². The zero-order chi connectivity index (χ0) is 15.4. The van der Waals surface area contributed by atoms with Crippen LogP contribution in [0.15, 0.2) is 30.3 Å². The second-order valence-corrected chi connectivity index (χ2v) is 6.53. The number of hydrogen-bond donors (Lipinski definition) is 0. The second kappa shape index (κ2) is 7.11. The maximum atomic E-state index is 13.0. The third kappa shape index (κ3) is 4.59. The molecule has 0 radical (unpaired) electrons. The number of nitrogens with zero attached hydrogens (tertiary/aromatic N) is 1. The Hall–Kier alpha value is -1.30. The van der Waals surface area contributed by atoms with Gasteiger partial charge in [0.1, 0.15) is 11.6 Å². The van der Waals surface area contributed by atoms with Gasteiger partial charge in [0.05, 0.1) is 15.9 Å². The number of ether oxygens (including phenoxy) is 1. The molecule has 21 heavy (non-hydrogen) atoms. The van der Waals surface area contributed by atoms with Crippen molar-refractivity contribution in [2.24, 2.45) is 0 Å². The van der Waals surface area contributed by atoms with Crippen molar-refractivity contribution in [2.45, 2.75) is 6.54 Å². The minimum absolute atomic E-state index is 0.0402. The summed E-state index contributed by atoms with van der Waals surface area (Å²) in [6.45, 7) is 0.321. The van der Waals surface area contributed by atoms with E-state index in [1.807, 2.05) is 6.07 Å². The highest BCUT2D eigenvalue weighted by atomic mass is 35.5. The number of thiophene rings is 1. The van der Waals surface area contributed by atoms with Gasteiger partial charge in [0.25, 0.3) is 5.91 Å². The fourth-order valence-electron chi connectivity index (χ4n) is 1.58. The molecule has 2 rings (SSSR count). The van der Waals surface area contributed by atoms with Crippen LogP contribution >= 0.6 is 34.5 Å². The van der Waals surface area contributed by atoms with E-state index >= 15 is 0 Å². The standard InChI is InChI=1S/C14H12Cl2FNO2S/c1-18(7-10-3-5-13(16)21-10)14(19)8-20-9-2-4-12(17)11(15)6-9/h2-6H,7-8H2,1H3. The lowest BCUT2D eigenvalue weighted by Gasteiger charge is -2.16. The molecule has 0 saturated heterocycles. The molecule has 0 spiro atoms. The van der Waals surface area contributed by atoms with Gasteiger partial charge in [-0.1, -0.05) is 23.2 Å². The highest BCUT2D eigenvalue weighted by molar-refractivity contribution is 7.16. The molecule has 1 heterocycles. The van der Waals surface area contributed by atoms with Crippen LogP contribution in [-0.2, 0) is 11.3 Å². The predicted molar refractivity (Wildman–Crippen MR) is 82.7 cm³/mol. The van der Waals surface area contributed by atoms with Crippen molar-refractivity contribution in [3.05, 3.63) is 50.4 Å². The van der Waals surface area contributed by atoms with E-state index in [0.717, 1.165) is 4.88 Å². The van der Waals surface area contributed by atoms with Crippen LogP contribution in [0.3, 0.4) is 0 Å². The molecule has 7 heteroatoms. The van der Waals surface area contributed by atoms with Crippen LogP contribution in [0.25, 0.3) is 0 Å². The number of carbonyl (C=O) groups is 1. The van der Waals surface area contributed by atoms with Gasteiger partial charge >= 0.3 is 0 Å². The summed E-state index contributed by atoms with van der Waals surface area (Å²) in [4.78, 5) is 14.5. The predicted octanol–water partition coefficient (Wildman–Crippen LogP) is 4.23. The van der Waals surface area contributed by atoms with Crippen molar-refractivity contribution in [2.75, 3.05) is 13.7 Å². The van der Waals surface area contributed by atoms with E-state index in [2.05, 4.69) is 0 Å². The molecule has 0 N–H and O–H groups in total. The van der Waals surface area contributed by atoms with E-state index in [-0.39, 0.29) is 17.5 Å². The van der Waals surface area contributed by atoms with Crippen molar-refractivity contribution in [1.82, 2.24) is 4.90 Å². The first kappa shape index (κ1) is 16.1. The highest BCUT2D eigenvalue weighted by Crippen LogP contribution is 2.23. The number of amides is 1. The summed E-state index contributed by atoms with van der Waals surface area (Å²) in [7, 11) is 1.68. The van der Waals surface area contributed by atoms with Crippen molar-refractivity contribution >= 4 is 40.4 Å². The maximum Gasteiger partial charge on any atom is 0.260 e. The van der Waals surface area contributed by atoms with Crippen LogP contribution in [0.5, 0.6) is 5.75 Å². The summed E-state index contributed by atoms with van der Waals surface area (Å²) in [6, 6.07) is 7.62. The van der Waals surface area contributed by atoms with Crippen LogP contribution in [0.2, 0.25) is 9.36 Å². The summed E-state index contributed by atoms with van der Waals surface area (Å²) < 4.78 is 19.0. The first-order valence-corrected chi connectivity index (χ1v) is 7.59. The maximum absolute atomic E-state index is 13.0. The third-order valence-electron chi connectivity index (χ3n) is 2.70. The molecular weight excluding hydrogens is 336 g/mol. The Morgan fingerprint density at radius 1 is 1.33 bits per heavy atom. The zero-order valence-electron chi connectivity index (χ0n) is 11.1. The van der Waals surface area contributed by atoms with Gasteiger partial charge in [0.15, 0.2) is 6.61 Å². The van der Waals surface area contributed by atoms with Crippen molar-refractivity contribution in [3.63, 3.8) is 0 Å². The number of halogens is 3. The molecule has 1 aromatic heterocycles. The molecule has 112 valence electrons. The number of hydrogen-bond acceptors (Lipinski definition) is 3. The largest absolute Gasteiger partial charge is 0.484 e. The van der Waals surface area contributed by atoms with Crippen LogP contribution in [-0.4, -0.2) is 24.5 Å². The SMILES string of the molecule is CN(Cc1ccc(Cl)s1)C(=O)COc1ccc(F)c(Cl)c1. The molecule has 0 unspecified atom stereocenters. The Morgan fingerprint density at radius 2 is 2.10 bits per heavy atom. The molecular formula is C14H12Cl2FNO2S. The average molecular weight is 348 g/mol. The average Bonchev–Trinajstić information content (AvgIpc) is 2.85. The van der Waals surface area contributed by atoms with Gasteiger partial charge in [-0.25, -0.2) is 4.39 Å². The van der Waals surface area contributed by atoms with Crippen LogP contribution in [0.1, 0.15) is 4.88 Å². The Labute approximate surface area is 135 Å². The molecule has 0 aliphatic carbocycles. The number of benzene rings is 1. The van der Waals surface area contributed by atoms with Gasteiger partial charge in [-0.15, -0.1) is 11.3 Å². The van der Waals surface area contributed by atoms with E-state index in [4.69, 9.17) is 27.9 Å². The Morgan fingerprint density at radius 3 is 2.71 bits per heavy atom. The third-order valence-corrected chi connectivity index (χ3v) is 4.21. The van der Waals surface area contributed by atoms with Crippen molar-refractivity contribution in [3.8, 4) is 5.75 Å². The normalized spacial score (nSPS) is 10.5. The molecule has 0 atom stereocenters. The molecule has 3 nitrogen and oxygen atoms in total. The monoisotopic (exact) mass is 347 g/mol. The van der Waals surface area contributed by atoms with E-state index in [1.165, 1.54) is 34.4 Å². The summed E-state index contributed by atoms with van der Waals surface area (Å²) in [6.07, 6.45) is 0. The lowest BCUT2D eigenvalue weighted by atomic mass is 10.3. The van der Waals surface area contributed by atoms with Gasteiger partial charge < -0.3 is 9.64 Å². The fourth-order valence-corrected chi connectivity index (χ4v) is 2.89. The lowest BCUT2D eigenvalue weighted by molar-refractivity contribution is -0.132. The van der Waals surface area contributed by atoms with Crippen molar-refractivity contribution in [1.29, 1.82) is 0 Å². The molecule has 0 bridgehead atoms. The molecule has 1 amide bonds. The number of carbonyl (C=O) groups excluding carboxylic acids is 1. The van der Waals surface area contributed by atoms with Gasteiger partial charge in [-0.3, -0.25) is 4.79 Å². The molecule has 0 saturated carbocycles. The van der Waals surface area contributed by atoms with Crippen molar-refractivity contribution < 1.29 is 13.9 Å². The summed E-state index contributed by atoms with van der Waals surface area (Å²) in [5, 5.41) is -0.0402. The van der Waals surface area contributed by atoms with Crippen LogP contribution < -0.4 is 4.74 Å². The molecule has 1 aromatic carbocycles. The number of rotatable bonds is 5. The zero-order valence-corrected chi connectivity index (χ0v) is 13.4. The van der Waals surface area contributed by atoms with E-state index in [1.54, 1.807) is 13.1 Å². The Bertz CT molecular complexity index is 648. The van der Waals surface area contributed by atoms with Gasteiger partial charge in [-0.2, -0.15) is 0 Å². The lowest BCUT2D eigenvalue weighted by Crippen LogP contribution is -2.30. The molecule has 0 aliphatic rings. The summed E-state index contributed by atoms with van der Waals surface area (Å²) in [5.74, 6) is -0.371. The summed E-state index contributed by atoms with van der Waals surface area (Å²) >= 11 is 12.9. The van der Waals surface area contributed by atoms with Gasteiger partial charge in [0, 0.05) is 18.0 Å². The molecule has 2 aromatic rings. The van der Waals surface area contributed by atoms with E-state index < -0.39 is 5.82 Å². The second-order valence-electron chi connectivity index (χ2n) is 4.32. The quantitative estimate of drug-likeness (QED) is 0.809. The summed E-state index contributed by atoms with van der Waals surface area (Å²) in [5.41, 5.74) is 0. The minimum atomic E-state index is -0.526. The Balaban J connectivity index is 1.87. The minimum Gasteiger partial charge on any atom is -0.484 e. The molecule has 0 aliphatic heterocycles. The Kier molecular flexibility index (Phi) is 5.45. The van der Waals surface area contributed by atoms with Crippen LogP contribution in [0, 0.1) is 5.82 Å². The fraction of sp³-hybridized carbons (Fsp3) is 0.214. The first-order valence-electron chi connectivity index (χ1n) is 6.01. The smallest absolute Gasteiger partial charge is 0.260 e. The first-order chi connectivity index (χ1) is 9.95. The topological polar surface area (TPSA) is 29.5 Å². The van der Waals surface area contributed by atoms with E-state index in [0.29, 0.717) is 16.6 Å². The molecule has 0 fully saturated rings. The number of likely N-dealkylation sites (N-methyl/N-ethyl adjacent to an activating group) is 1.